The number of carbonyl (C=O) groups excluding carboxylic acids is 1. The maximum absolute atomic E-state index is 12.4. The molecule has 24 heavy (non-hydrogen) atoms. The van der Waals surface area contributed by atoms with Crippen LogP contribution in [-0.4, -0.2) is 48.6 Å². The molecule has 1 aromatic heterocycles. The number of nitrogens with zero attached hydrogens (tertiary/aromatic N) is 2. The van der Waals surface area contributed by atoms with Gasteiger partial charge in [-0.3, -0.25) is 4.79 Å². The molecule has 1 aromatic carbocycles. The third kappa shape index (κ3) is 2.89. The van der Waals surface area contributed by atoms with E-state index in [1.807, 2.05) is 24.3 Å². The van der Waals surface area contributed by atoms with Crippen molar-refractivity contribution in [2.45, 2.75) is 18.9 Å². The van der Waals surface area contributed by atoms with Crippen molar-refractivity contribution in [3.05, 3.63) is 36.4 Å². The molecule has 3 fully saturated rings. The molecule has 6 nitrogen and oxygen atoms in total. The van der Waals surface area contributed by atoms with Gasteiger partial charge < -0.3 is 19.4 Å². The molecule has 5 rings (SSSR count). The summed E-state index contributed by atoms with van der Waals surface area (Å²) in [6.07, 6.45) is 3.91. The first kappa shape index (κ1) is 15.2. The van der Waals surface area contributed by atoms with E-state index in [2.05, 4.69) is 15.2 Å². The molecule has 2 bridgehead atoms. The van der Waals surface area contributed by atoms with Gasteiger partial charge in [-0.05, 0) is 56.1 Å². The van der Waals surface area contributed by atoms with Crippen LogP contribution in [0.25, 0.3) is 11.3 Å². The Labute approximate surface area is 140 Å². The molecule has 0 saturated carbocycles. The molecule has 3 aliphatic rings. The van der Waals surface area contributed by atoms with E-state index >= 15 is 0 Å². The number of benzene rings is 1. The average molecular weight is 327 g/mol. The predicted octanol–water partition coefficient (Wildman–Crippen LogP) is 2.17. The summed E-state index contributed by atoms with van der Waals surface area (Å²) in [4.78, 5) is 19.0. The summed E-state index contributed by atoms with van der Waals surface area (Å²) in [6.45, 7) is 3.23. The fraction of sp³-hybridized carbons (Fsp3) is 0.444. The molecule has 1 N–H and O–H groups in total. The van der Waals surface area contributed by atoms with Gasteiger partial charge in [0.25, 0.3) is 5.89 Å². The van der Waals surface area contributed by atoms with Crippen molar-refractivity contribution in [3.8, 4) is 17.1 Å². The highest BCUT2D eigenvalue weighted by atomic mass is 16.5. The average Bonchev–Trinajstić information content (AvgIpc) is 3.13. The van der Waals surface area contributed by atoms with Crippen LogP contribution in [0.15, 0.2) is 34.9 Å². The monoisotopic (exact) mass is 327 g/mol. The van der Waals surface area contributed by atoms with Crippen molar-refractivity contribution in [2.75, 3.05) is 26.7 Å². The lowest BCUT2D eigenvalue weighted by Crippen LogP contribution is -2.57. The molecule has 0 radical (unpaired) electrons. The summed E-state index contributed by atoms with van der Waals surface area (Å²) < 4.78 is 10.8. The molecule has 4 heterocycles. The Balaban J connectivity index is 1.44. The molecule has 3 aliphatic heterocycles. The fourth-order valence-corrected chi connectivity index (χ4v) is 3.63. The van der Waals surface area contributed by atoms with Gasteiger partial charge >= 0.3 is 5.91 Å². The summed E-state index contributed by atoms with van der Waals surface area (Å²) in [5.41, 5.74) is 0.866. The number of carbonyl (C=O) groups is 1. The Kier molecular flexibility index (Phi) is 3.98. The van der Waals surface area contributed by atoms with Crippen LogP contribution in [0.5, 0.6) is 5.75 Å². The van der Waals surface area contributed by atoms with Gasteiger partial charge in [0.1, 0.15) is 5.75 Å². The zero-order chi connectivity index (χ0) is 16.5. The van der Waals surface area contributed by atoms with Crippen LogP contribution >= 0.6 is 0 Å². The highest BCUT2D eigenvalue weighted by molar-refractivity contribution is 5.90. The van der Waals surface area contributed by atoms with Crippen molar-refractivity contribution >= 4 is 5.91 Å². The van der Waals surface area contributed by atoms with E-state index in [4.69, 9.17) is 9.15 Å². The third-order valence-corrected chi connectivity index (χ3v) is 5.05. The number of fused-ring (bicyclic) bond motifs is 3. The molecule has 0 unspecified atom stereocenters. The first-order chi connectivity index (χ1) is 11.7. The minimum atomic E-state index is -0.228. The van der Waals surface area contributed by atoms with Crippen molar-refractivity contribution in [1.29, 1.82) is 0 Å². The lowest BCUT2D eigenvalue weighted by atomic mass is 9.84. The maximum atomic E-state index is 12.4. The molecule has 2 aromatic rings. The van der Waals surface area contributed by atoms with Gasteiger partial charge in [0.05, 0.1) is 13.3 Å². The van der Waals surface area contributed by atoms with Crippen LogP contribution < -0.4 is 10.1 Å². The Morgan fingerprint density at radius 2 is 2.04 bits per heavy atom. The standard InChI is InChI=1S/C18H21N3O3/c1-23-14-4-2-13(3-5-14)16-10-19-18(24-16)17(22)20-15-11-21-8-6-12(15)7-9-21/h2-5,10,12,15H,6-9,11H2,1H3,(H,20,22)/t15-/m0/s1. The smallest absolute Gasteiger partial charge is 0.307 e. The van der Waals surface area contributed by atoms with E-state index in [-0.39, 0.29) is 17.8 Å². The quantitative estimate of drug-likeness (QED) is 0.932. The number of aromatic nitrogens is 1. The number of oxazole rings is 1. The maximum Gasteiger partial charge on any atom is 0.307 e. The van der Waals surface area contributed by atoms with E-state index in [1.165, 1.54) is 0 Å². The molecule has 3 saturated heterocycles. The topological polar surface area (TPSA) is 67.6 Å². The van der Waals surface area contributed by atoms with Gasteiger partial charge in [0.15, 0.2) is 5.76 Å². The van der Waals surface area contributed by atoms with Gasteiger partial charge in [0, 0.05) is 18.2 Å². The van der Waals surface area contributed by atoms with Gasteiger partial charge in [-0.25, -0.2) is 4.98 Å². The number of hydrogen-bond donors (Lipinski definition) is 1. The fourth-order valence-electron chi connectivity index (χ4n) is 3.63. The number of nitrogens with one attached hydrogen (secondary N) is 1. The van der Waals surface area contributed by atoms with Crippen LogP contribution in [0, 0.1) is 5.92 Å². The highest BCUT2D eigenvalue weighted by Crippen LogP contribution is 2.28. The third-order valence-electron chi connectivity index (χ3n) is 5.05. The first-order valence-electron chi connectivity index (χ1n) is 8.36. The van der Waals surface area contributed by atoms with Gasteiger partial charge in [-0.2, -0.15) is 0 Å². The molecule has 1 amide bonds. The van der Waals surface area contributed by atoms with E-state index in [0.29, 0.717) is 11.7 Å². The number of methoxy groups -OCH3 is 1. The van der Waals surface area contributed by atoms with Crippen LogP contribution in [0.4, 0.5) is 0 Å². The SMILES string of the molecule is COc1ccc(-c2cnc(C(=O)N[C@H]3CN4CCC3CC4)o2)cc1. The van der Waals surface area contributed by atoms with Crippen LogP contribution in [0.3, 0.4) is 0 Å². The van der Waals surface area contributed by atoms with Gasteiger partial charge in [-0.15, -0.1) is 0 Å². The van der Waals surface area contributed by atoms with Gasteiger partial charge in [-0.1, -0.05) is 0 Å². The highest BCUT2D eigenvalue weighted by Gasteiger charge is 2.35. The molecular formula is C18H21N3O3. The largest absolute Gasteiger partial charge is 0.497 e. The Bertz CT molecular complexity index is 717. The van der Waals surface area contributed by atoms with E-state index in [0.717, 1.165) is 43.8 Å². The van der Waals surface area contributed by atoms with E-state index < -0.39 is 0 Å². The second-order valence-corrected chi connectivity index (χ2v) is 6.48. The van der Waals surface area contributed by atoms with E-state index in [1.54, 1.807) is 13.3 Å². The number of piperidine rings is 3. The molecule has 1 atom stereocenters. The number of rotatable bonds is 4. The zero-order valence-electron chi connectivity index (χ0n) is 13.7. The summed E-state index contributed by atoms with van der Waals surface area (Å²) in [5, 5.41) is 3.09. The van der Waals surface area contributed by atoms with Crippen molar-refractivity contribution in [1.82, 2.24) is 15.2 Å². The predicted molar refractivity (Wildman–Crippen MR) is 88.9 cm³/mol. The van der Waals surface area contributed by atoms with Crippen LogP contribution in [-0.2, 0) is 0 Å². The summed E-state index contributed by atoms with van der Waals surface area (Å²) in [7, 11) is 1.63. The Hall–Kier alpha value is -2.34. The molecular weight excluding hydrogens is 306 g/mol. The number of amides is 1. The Morgan fingerprint density at radius 3 is 2.67 bits per heavy atom. The van der Waals surface area contributed by atoms with Crippen LogP contribution in [0.2, 0.25) is 0 Å². The van der Waals surface area contributed by atoms with Crippen molar-refractivity contribution in [3.63, 3.8) is 0 Å². The molecule has 6 heteroatoms. The van der Waals surface area contributed by atoms with Crippen molar-refractivity contribution < 1.29 is 13.9 Å². The summed E-state index contributed by atoms with van der Waals surface area (Å²) in [6, 6.07) is 7.68. The molecule has 126 valence electrons. The Morgan fingerprint density at radius 1 is 1.29 bits per heavy atom. The number of ether oxygens (including phenoxy) is 1. The lowest BCUT2D eigenvalue weighted by Gasteiger charge is -2.44. The van der Waals surface area contributed by atoms with Crippen molar-refractivity contribution in [2.24, 2.45) is 5.92 Å². The number of hydrogen-bond acceptors (Lipinski definition) is 5. The minimum absolute atomic E-state index is 0.122. The molecule has 0 spiro atoms. The zero-order valence-corrected chi connectivity index (χ0v) is 13.7. The summed E-state index contributed by atoms with van der Waals surface area (Å²) in [5.74, 6) is 1.83. The van der Waals surface area contributed by atoms with E-state index in [9.17, 15) is 4.79 Å². The lowest BCUT2D eigenvalue weighted by molar-refractivity contribution is 0.0602. The second-order valence-electron chi connectivity index (χ2n) is 6.48. The normalized spacial score (nSPS) is 25.5. The minimum Gasteiger partial charge on any atom is -0.497 e. The summed E-state index contributed by atoms with van der Waals surface area (Å²) >= 11 is 0. The molecule has 0 aliphatic carbocycles. The van der Waals surface area contributed by atoms with Gasteiger partial charge in [0.2, 0.25) is 0 Å². The second kappa shape index (κ2) is 6.28. The first-order valence-corrected chi connectivity index (χ1v) is 8.36. The van der Waals surface area contributed by atoms with Crippen LogP contribution in [0.1, 0.15) is 23.5 Å².